The first kappa shape index (κ1) is 22.5. The Morgan fingerprint density at radius 3 is 3.10 bits per heavy atom. The second-order valence-electron chi connectivity index (χ2n) is 8.03. The average Bonchev–Trinajstić information content (AvgIpc) is 3.43. The Morgan fingerprint density at radius 2 is 2.31 bits per heavy atom. The maximum Gasteiger partial charge on any atom is 0.191 e. The van der Waals surface area contributed by atoms with Gasteiger partial charge in [0, 0.05) is 50.8 Å². The van der Waals surface area contributed by atoms with Crippen LogP contribution in [0.2, 0.25) is 0 Å². The number of hydrogen-bond donors (Lipinski definition) is 2. The zero-order valence-electron chi connectivity index (χ0n) is 17.9. The Bertz CT molecular complexity index is 575. The van der Waals surface area contributed by atoms with E-state index in [9.17, 15) is 0 Å². The largest absolute Gasteiger partial charge is 0.379 e. The Hall–Kier alpha value is -1.15. The van der Waals surface area contributed by atoms with Crippen LogP contribution < -0.4 is 10.6 Å². The van der Waals surface area contributed by atoms with Crippen LogP contribution in [0, 0.1) is 5.92 Å². The van der Waals surface area contributed by atoms with Crippen molar-refractivity contribution in [2.45, 2.75) is 51.7 Å². The number of hydrogen-bond acceptors (Lipinski definition) is 5. The van der Waals surface area contributed by atoms with Crippen molar-refractivity contribution in [3.63, 3.8) is 0 Å². The van der Waals surface area contributed by atoms with Gasteiger partial charge in [-0.05, 0) is 62.9 Å². The average molecular weight is 423 g/mol. The van der Waals surface area contributed by atoms with E-state index in [1.807, 2.05) is 11.3 Å². The van der Waals surface area contributed by atoms with Crippen molar-refractivity contribution < 1.29 is 9.47 Å². The van der Waals surface area contributed by atoms with Gasteiger partial charge in [-0.3, -0.25) is 9.89 Å². The van der Waals surface area contributed by atoms with Crippen molar-refractivity contribution in [3.05, 3.63) is 22.4 Å². The molecule has 2 unspecified atom stereocenters. The highest BCUT2D eigenvalue weighted by atomic mass is 32.1. The molecule has 0 bridgehead atoms. The first-order valence-electron chi connectivity index (χ1n) is 11.3. The van der Waals surface area contributed by atoms with Gasteiger partial charge in [-0.2, -0.15) is 0 Å². The summed E-state index contributed by atoms with van der Waals surface area (Å²) in [7, 11) is 0. The standard InChI is InChI=1S/C22H38N4O2S/c1-2-23-22(24-10-6-12-27-18-20-8-4-13-28-20)25-15-19-7-3-11-26(16-19)17-21-9-5-14-29-21/h5,9,14,19-20H,2-4,6-8,10-13,15-18H2,1H3,(H2,23,24,25). The molecule has 0 radical (unpaired) electrons. The molecule has 164 valence electrons. The number of nitrogens with one attached hydrogen (secondary N) is 2. The zero-order chi connectivity index (χ0) is 20.2. The molecule has 0 aromatic carbocycles. The molecule has 7 heteroatoms. The van der Waals surface area contributed by atoms with Crippen molar-refractivity contribution >= 4 is 17.3 Å². The van der Waals surface area contributed by atoms with Crippen molar-refractivity contribution in [2.75, 3.05) is 52.5 Å². The number of likely N-dealkylation sites (tertiary alicyclic amines) is 1. The number of thiophene rings is 1. The number of guanidine groups is 1. The van der Waals surface area contributed by atoms with E-state index >= 15 is 0 Å². The summed E-state index contributed by atoms with van der Waals surface area (Å²) in [5, 5.41) is 8.99. The van der Waals surface area contributed by atoms with Crippen LogP contribution in [-0.2, 0) is 16.0 Å². The monoisotopic (exact) mass is 422 g/mol. The van der Waals surface area contributed by atoms with Crippen LogP contribution in [0.15, 0.2) is 22.5 Å². The van der Waals surface area contributed by atoms with Crippen LogP contribution in [-0.4, -0.2) is 69.5 Å². The quantitative estimate of drug-likeness (QED) is 0.326. The van der Waals surface area contributed by atoms with E-state index in [1.165, 1.54) is 30.7 Å². The third-order valence-corrected chi connectivity index (χ3v) is 6.36. The molecule has 0 aliphatic carbocycles. The van der Waals surface area contributed by atoms with Crippen molar-refractivity contribution in [3.8, 4) is 0 Å². The third kappa shape index (κ3) is 8.62. The van der Waals surface area contributed by atoms with Gasteiger partial charge in [0.2, 0.25) is 0 Å². The summed E-state index contributed by atoms with van der Waals surface area (Å²) in [6.07, 6.45) is 6.16. The maximum atomic E-state index is 5.74. The van der Waals surface area contributed by atoms with Crippen LogP contribution in [0.25, 0.3) is 0 Å². The molecule has 1 aromatic rings. The molecule has 0 amide bonds. The van der Waals surface area contributed by atoms with Gasteiger partial charge in [-0.15, -0.1) is 11.3 Å². The number of piperidine rings is 1. The lowest BCUT2D eigenvalue weighted by Crippen LogP contribution is -2.40. The molecule has 29 heavy (non-hydrogen) atoms. The fraction of sp³-hybridized carbons (Fsp3) is 0.773. The molecule has 2 N–H and O–H groups in total. The Labute approximate surface area is 180 Å². The Kier molecular flexibility index (Phi) is 10.3. The van der Waals surface area contributed by atoms with E-state index in [0.29, 0.717) is 12.0 Å². The highest BCUT2D eigenvalue weighted by molar-refractivity contribution is 7.09. The Morgan fingerprint density at radius 1 is 1.34 bits per heavy atom. The first-order chi connectivity index (χ1) is 14.3. The third-order valence-electron chi connectivity index (χ3n) is 5.50. The van der Waals surface area contributed by atoms with Gasteiger partial charge < -0.3 is 20.1 Å². The van der Waals surface area contributed by atoms with E-state index < -0.39 is 0 Å². The topological polar surface area (TPSA) is 58.1 Å². The van der Waals surface area contributed by atoms with Crippen molar-refractivity contribution in [1.29, 1.82) is 0 Å². The normalized spacial score (nSPS) is 23.4. The van der Waals surface area contributed by atoms with E-state index in [2.05, 4.69) is 40.0 Å². The van der Waals surface area contributed by atoms with Crippen molar-refractivity contribution in [2.24, 2.45) is 10.9 Å². The molecule has 2 atom stereocenters. The summed E-state index contributed by atoms with van der Waals surface area (Å²) in [5.74, 6) is 1.58. The summed E-state index contributed by atoms with van der Waals surface area (Å²) in [6.45, 7) is 10.6. The zero-order valence-corrected chi connectivity index (χ0v) is 18.7. The predicted octanol–water partition coefficient (Wildman–Crippen LogP) is 3.10. The van der Waals surface area contributed by atoms with Gasteiger partial charge in [-0.1, -0.05) is 6.07 Å². The number of rotatable bonds is 11. The summed E-state index contributed by atoms with van der Waals surface area (Å²) in [4.78, 5) is 8.91. The van der Waals surface area contributed by atoms with Crippen LogP contribution >= 0.6 is 11.3 Å². The summed E-state index contributed by atoms with van der Waals surface area (Å²) in [6, 6.07) is 4.39. The number of aliphatic imine (C=N–C) groups is 1. The minimum Gasteiger partial charge on any atom is -0.379 e. The maximum absolute atomic E-state index is 5.74. The Balaban J connectivity index is 1.32. The van der Waals surface area contributed by atoms with Gasteiger partial charge in [0.15, 0.2) is 5.96 Å². The lowest BCUT2D eigenvalue weighted by atomic mass is 9.98. The molecule has 0 saturated carbocycles. The molecular formula is C22H38N4O2S. The summed E-state index contributed by atoms with van der Waals surface area (Å²) in [5.41, 5.74) is 0. The van der Waals surface area contributed by atoms with E-state index in [0.717, 1.165) is 71.3 Å². The molecule has 2 fully saturated rings. The molecule has 6 nitrogen and oxygen atoms in total. The fourth-order valence-electron chi connectivity index (χ4n) is 4.00. The molecular weight excluding hydrogens is 384 g/mol. The van der Waals surface area contributed by atoms with Gasteiger partial charge >= 0.3 is 0 Å². The smallest absolute Gasteiger partial charge is 0.191 e. The van der Waals surface area contributed by atoms with Crippen LogP contribution in [0.4, 0.5) is 0 Å². The van der Waals surface area contributed by atoms with Gasteiger partial charge in [0.05, 0.1) is 12.7 Å². The minimum atomic E-state index is 0.316. The molecule has 3 rings (SSSR count). The van der Waals surface area contributed by atoms with Gasteiger partial charge in [-0.25, -0.2) is 0 Å². The van der Waals surface area contributed by atoms with E-state index in [-0.39, 0.29) is 0 Å². The number of ether oxygens (including phenoxy) is 2. The van der Waals surface area contributed by atoms with E-state index in [1.54, 1.807) is 0 Å². The minimum absolute atomic E-state index is 0.316. The molecule has 3 heterocycles. The highest BCUT2D eigenvalue weighted by Crippen LogP contribution is 2.20. The van der Waals surface area contributed by atoms with Gasteiger partial charge in [0.1, 0.15) is 0 Å². The number of nitrogens with zero attached hydrogens (tertiary/aromatic N) is 2. The predicted molar refractivity (Wildman–Crippen MR) is 121 cm³/mol. The lowest BCUT2D eigenvalue weighted by molar-refractivity contribution is 0.0168. The summed E-state index contributed by atoms with van der Waals surface area (Å²) >= 11 is 1.86. The molecule has 0 spiro atoms. The van der Waals surface area contributed by atoms with Crippen LogP contribution in [0.3, 0.4) is 0 Å². The molecule has 2 aliphatic heterocycles. The molecule has 1 aromatic heterocycles. The molecule has 2 aliphatic rings. The highest BCUT2D eigenvalue weighted by Gasteiger charge is 2.20. The summed E-state index contributed by atoms with van der Waals surface area (Å²) < 4.78 is 11.3. The second-order valence-corrected chi connectivity index (χ2v) is 9.06. The molecule has 2 saturated heterocycles. The SMILES string of the molecule is CCNC(=NCC1CCCN(Cc2cccs2)C1)NCCCOCC1CCCO1. The van der Waals surface area contributed by atoms with E-state index in [4.69, 9.17) is 14.5 Å². The lowest BCUT2D eigenvalue weighted by Gasteiger charge is -2.31. The van der Waals surface area contributed by atoms with Gasteiger partial charge in [0.25, 0.3) is 0 Å². The fourth-order valence-corrected chi connectivity index (χ4v) is 4.75. The van der Waals surface area contributed by atoms with Crippen LogP contribution in [0.5, 0.6) is 0 Å². The van der Waals surface area contributed by atoms with Crippen molar-refractivity contribution in [1.82, 2.24) is 15.5 Å². The van der Waals surface area contributed by atoms with Crippen LogP contribution in [0.1, 0.15) is 43.9 Å². The second kappa shape index (κ2) is 13.2. The first-order valence-corrected chi connectivity index (χ1v) is 12.2.